The first-order valence-corrected chi connectivity index (χ1v) is 10.7. The van der Waals surface area contributed by atoms with Crippen LogP contribution in [0, 0.1) is 0 Å². The summed E-state index contributed by atoms with van der Waals surface area (Å²) >= 11 is 1.05. The highest BCUT2D eigenvalue weighted by Gasteiger charge is 2.36. The van der Waals surface area contributed by atoms with E-state index in [4.69, 9.17) is 4.74 Å². The zero-order valence-electron chi connectivity index (χ0n) is 17.0. The van der Waals surface area contributed by atoms with E-state index in [2.05, 4.69) is 5.32 Å². The third-order valence-corrected chi connectivity index (χ3v) is 5.52. The average Bonchev–Trinajstić information content (AvgIpc) is 3.09. The summed E-state index contributed by atoms with van der Waals surface area (Å²) in [5, 5.41) is 2.76. The van der Waals surface area contributed by atoms with Gasteiger partial charge in [0.25, 0.3) is 0 Å². The highest BCUT2D eigenvalue weighted by molar-refractivity contribution is 7.98. The van der Waals surface area contributed by atoms with Crippen LogP contribution in [0.25, 0.3) is 0 Å². The maximum Gasteiger partial charge on any atom is 0.417 e. The number of ether oxygens (including phenoxy) is 1. The van der Waals surface area contributed by atoms with Gasteiger partial charge in [-0.2, -0.15) is 13.2 Å². The molecule has 5 nitrogen and oxygen atoms in total. The Labute approximate surface area is 178 Å². The minimum Gasteiger partial charge on any atom is -0.492 e. The van der Waals surface area contributed by atoms with Gasteiger partial charge < -0.3 is 15.0 Å². The van der Waals surface area contributed by atoms with E-state index in [1.165, 1.54) is 11.0 Å². The number of hydrogen-bond acceptors (Lipinski definition) is 4. The lowest BCUT2D eigenvalue weighted by molar-refractivity contribution is -0.139. The number of urea groups is 1. The molecule has 162 valence electrons. The molecule has 1 N–H and O–H groups in total. The molecule has 0 spiro atoms. The molecule has 3 rings (SSSR count). The molecule has 0 aromatic heterocycles. The number of benzene rings is 2. The van der Waals surface area contributed by atoms with Gasteiger partial charge in [0.2, 0.25) is 0 Å². The molecular weight excluding hydrogens is 415 g/mol. The van der Waals surface area contributed by atoms with Crippen LogP contribution in [0.2, 0.25) is 0 Å². The van der Waals surface area contributed by atoms with Gasteiger partial charge in [0, 0.05) is 35.4 Å². The number of nitrogens with zero attached hydrogens (tertiary/aromatic N) is 2. The molecule has 9 heteroatoms. The van der Waals surface area contributed by atoms with Gasteiger partial charge >= 0.3 is 12.2 Å². The Hall–Kier alpha value is -2.39. The molecule has 0 atom stereocenters. The average molecular weight is 440 g/mol. The predicted octanol–water partition coefficient (Wildman–Crippen LogP) is 4.96. The molecule has 1 heterocycles. The van der Waals surface area contributed by atoms with Crippen LogP contribution in [0.5, 0.6) is 5.75 Å². The molecule has 0 radical (unpaired) electrons. The SMILES string of the molecule is CSc1cc2c(cc1C(F)(F)F)N(C(=O)Nc1cccc(OCCN(C)C)c1)CC2. The summed E-state index contributed by atoms with van der Waals surface area (Å²) in [7, 11) is 3.89. The van der Waals surface area contributed by atoms with Crippen LogP contribution < -0.4 is 15.0 Å². The Kier molecular flexibility index (Phi) is 6.82. The fourth-order valence-corrected chi connectivity index (χ4v) is 3.87. The van der Waals surface area contributed by atoms with Crippen molar-refractivity contribution >= 4 is 29.2 Å². The fourth-order valence-electron chi connectivity index (χ4n) is 3.22. The molecule has 0 saturated heterocycles. The molecule has 30 heavy (non-hydrogen) atoms. The summed E-state index contributed by atoms with van der Waals surface area (Å²) < 4.78 is 45.9. The van der Waals surface area contributed by atoms with E-state index in [-0.39, 0.29) is 4.90 Å². The summed E-state index contributed by atoms with van der Waals surface area (Å²) in [5.41, 5.74) is 0.844. The highest BCUT2D eigenvalue weighted by atomic mass is 32.2. The molecule has 2 aromatic carbocycles. The number of carbonyl (C=O) groups excluding carboxylic acids is 1. The molecular formula is C21H24F3N3O2S. The van der Waals surface area contributed by atoms with E-state index >= 15 is 0 Å². The zero-order chi connectivity index (χ0) is 21.9. The van der Waals surface area contributed by atoms with E-state index in [9.17, 15) is 18.0 Å². The van der Waals surface area contributed by atoms with Crippen molar-refractivity contribution in [2.45, 2.75) is 17.5 Å². The maximum atomic E-state index is 13.4. The van der Waals surface area contributed by atoms with Gasteiger partial charge in [-0.3, -0.25) is 4.90 Å². The monoisotopic (exact) mass is 439 g/mol. The zero-order valence-corrected chi connectivity index (χ0v) is 17.9. The van der Waals surface area contributed by atoms with E-state index < -0.39 is 17.8 Å². The number of likely N-dealkylation sites (N-methyl/N-ethyl adjacent to an activating group) is 1. The number of amides is 2. The Morgan fingerprint density at radius 2 is 2.03 bits per heavy atom. The fraction of sp³-hybridized carbons (Fsp3) is 0.381. The number of fused-ring (bicyclic) bond motifs is 1. The van der Waals surface area contributed by atoms with Crippen molar-refractivity contribution < 1.29 is 22.7 Å². The molecule has 0 saturated carbocycles. The lowest BCUT2D eigenvalue weighted by atomic mass is 10.1. The normalized spacial score (nSPS) is 13.5. The van der Waals surface area contributed by atoms with Crippen LogP contribution in [-0.4, -0.2) is 51.0 Å². The van der Waals surface area contributed by atoms with Crippen LogP contribution in [-0.2, 0) is 12.6 Å². The lowest BCUT2D eigenvalue weighted by Gasteiger charge is -2.20. The summed E-state index contributed by atoms with van der Waals surface area (Å²) in [5.74, 6) is 0.612. The summed E-state index contributed by atoms with van der Waals surface area (Å²) in [6.45, 7) is 1.58. The molecule has 0 bridgehead atoms. The van der Waals surface area contributed by atoms with Gasteiger partial charge in [-0.15, -0.1) is 11.8 Å². The van der Waals surface area contributed by atoms with Gasteiger partial charge in [0.05, 0.1) is 5.56 Å². The Bertz CT molecular complexity index is 919. The Balaban J connectivity index is 1.76. The van der Waals surface area contributed by atoms with E-state index in [1.54, 1.807) is 30.5 Å². The second kappa shape index (κ2) is 9.18. The minimum absolute atomic E-state index is 0.172. The first-order chi connectivity index (χ1) is 14.2. The van der Waals surface area contributed by atoms with Crippen molar-refractivity contribution in [2.75, 3.05) is 50.3 Å². The minimum atomic E-state index is -4.48. The first-order valence-electron chi connectivity index (χ1n) is 9.43. The first kappa shape index (κ1) is 22.3. The molecule has 0 unspecified atom stereocenters. The second-order valence-corrected chi connectivity index (χ2v) is 8.04. The number of thioether (sulfide) groups is 1. The molecule has 1 aliphatic rings. The van der Waals surface area contributed by atoms with Crippen LogP contribution in [0.1, 0.15) is 11.1 Å². The van der Waals surface area contributed by atoms with Crippen molar-refractivity contribution in [3.8, 4) is 5.75 Å². The molecule has 0 aliphatic carbocycles. The van der Waals surface area contributed by atoms with Crippen molar-refractivity contribution in [2.24, 2.45) is 0 Å². The van der Waals surface area contributed by atoms with Gasteiger partial charge in [0.15, 0.2) is 0 Å². The van der Waals surface area contributed by atoms with Crippen LogP contribution in [0.3, 0.4) is 0 Å². The van der Waals surface area contributed by atoms with Gasteiger partial charge in [-0.05, 0) is 56.6 Å². The van der Waals surface area contributed by atoms with E-state index in [0.717, 1.165) is 29.9 Å². The third-order valence-electron chi connectivity index (χ3n) is 4.74. The summed E-state index contributed by atoms with van der Waals surface area (Å²) in [6, 6.07) is 9.10. The Morgan fingerprint density at radius 3 is 2.70 bits per heavy atom. The number of halogens is 3. The highest BCUT2D eigenvalue weighted by Crippen LogP contribution is 2.42. The van der Waals surface area contributed by atoms with Crippen molar-refractivity contribution in [3.63, 3.8) is 0 Å². The van der Waals surface area contributed by atoms with Crippen LogP contribution in [0.4, 0.5) is 29.3 Å². The van der Waals surface area contributed by atoms with Gasteiger partial charge in [0.1, 0.15) is 12.4 Å². The number of hydrogen-bond donors (Lipinski definition) is 1. The van der Waals surface area contributed by atoms with Crippen molar-refractivity contribution in [1.29, 1.82) is 0 Å². The third kappa shape index (κ3) is 5.20. The van der Waals surface area contributed by atoms with Crippen molar-refractivity contribution in [1.82, 2.24) is 4.90 Å². The van der Waals surface area contributed by atoms with Crippen LogP contribution in [0.15, 0.2) is 41.3 Å². The number of nitrogens with one attached hydrogen (secondary N) is 1. The largest absolute Gasteiger partial charge is 0.492 e. The smallest absolute Gasteiger partial charge is 0.417 e. The topological polar surface area (TPSA) is 44.8 Å². The molecule has 2 amide bonds. The molecule has 1 aliphatic heterocycles. The standard InChI is InChI=1S/C21H24F3N3O2S/c1-26(2)9-10-29-16-6-4-5-15(12-16)25-20(28)27-8-7-14-11-19(30-3)17(13-18(14)27)21(22,23)24/h4-6,11-13H,7-10H2,1-3H3,(H,25,28). The van der Waals surface area contributed by atoms with E-state index in [0.29, 0.717) is 36.7 Å². The quantitative estimate of drug-likeness (QED) is 0.646. The maximum absolute atomic E-state index is 13.4. The number of anilines is 2. The van der Waals surface area contributed by atoms with Gasteiger partial charge in [-0.1, -0.05) is 6.07 Å². The Morgan fingerprint density at radius 1 is 1.27 bits per heavy atom. The predicted molar refractivity (Wildman–Crippen MR) is 114 cm³/mol. The van der Waals surface area contributed by atoms with Crippen molar-refractivity contribution in [3.05, 3.63) is 47.5 Å². The summed E-state index contributed by atoms with van der Waals surface area (Å²) in [4.78, 5) is 16.3. The summed E-state index contributed by atoms with van der Waals surface area (Å²) in [6.07, 6.45) is -2.34. The van der Waals surface area contributed by atoms with Gasteiger partial charge in [-0.25, -0.2) is 4.79 Å². The lowest BCUT2D eigenvalue weighted by Crippen LogP contribution is -2.33. The second-order valence-electron chi connectivity index (χ2n) is 7.19. The molecule has 0 fully saturated rings. The number of carbonyl (C=O) groups is 1. The molecule has 2 aromatic rings. The van der Waals surface area contributed by atoms with E-state index in [1.807, 2.05) is 19.0 Å². The van der Waals surface area contributed by atoms with Crippen LogP contribution >= 0.6 is 11.8 Å². The number of alkyl halides is 3. The number of rotatable bonds is 6.